The SMILES string of the molecule is CNS(=O)(=O)c1ccc(NCC(C)(C)CN(C)C)cc1N. The average molecular weight is 314 g/mol. The van der Waals surface area contributed by atoms with Gasteiger partial charge in [0.1, 0.15) is 4.90 Å². The number of nitrogens with zero attached hydrogens (tertiary/aromatic N) is 1. The molecular weight excluding hydrogens is 288 g/mol. The minimum Gasteiger partial charge on any atom is -0.398 e. The minimum atomic E-state index is -3.51. The molecule has 0 amide bonds. The standard InChI is InChI=1S/C14H26N4O2S/c1-14(2,10-18(4)5)9-17-11-6-7-13(12(15)8-11)21(19,20)16-3/h6-8,16-17H,9-10,15H2,1-5H3. The number of rotatable bonds is 7. The lowest BCUT2D eigenvalue weighted by atomic mass is 9.93. The highest BCUT2D eigenvalue weighted by Crippen LogP contribution is 2.24. The van der Waals surface area contributed by atoms with E-state index in [4.69, 9.17) is 5.73 Å². The highest BCUT2D eigenvalue weighted by atomic mass is 32.2. The molecule has 6 nitrogen and oxygen atoms in total. The lowest BCUT2D eigenvalue weighted by Crippen LogP contribution is -2.34. The number of nitrogens with one attached hydrogen (secondary N) is 2. The lowest BCUT2D eigenvalue weighted by molar-refractivity contribution is 0.254. The molecule has 1 rings (SSSR count). The van der Waals surface area contributed by atoms with Gasteiger partial charge in [0.25, 0.3) is 0 Å². The van der Waals surface area contributed by atoms with Crippen LogP contribution in [0.4, 0.5) is 11.4 Å². The maximum Gasteiger partial charge on any atom is 0.242 e. The Bertz CT molecular complexity index is 583. The van der Waals surface area contributed by atoms with Crippen LogP contribution in [0.25, 0.3) is 0 Å². The van der Waals surface area contributed by atoms with Crippen LogP contribution in [0.5, 0.6) is 0 Å². The van der Waals surface area contributed by atoms with Gasteiger partial charge >= 0.3 is 0 Å². The van der Waals surface area contributed by atoms with Crippen molar-refractivity contribution in [1.29, 1.82) is 0 Å². The predicted molar refractivity (Wildman–Crippen MR) is 87.9 cm³/mol. The van der Waals surface area contributed by atoms with Crippen LogP contribution in [0.2, 0.25) is 0 Å². The third-order valence-electron chi connectivity index (χ3n) is 3.08. The topological polar surface area (TPSA) is 87.5 Å². The van der Waals surface area contributed by atoms with Crippen LogP contribution in [0.1, 0.15) is 13.8 Å². The summed E-state index contributed by atoms with van der Waals surface area (Å²) in [6.07, 6.45) is 0. The van der Waals surface area contributed by atoms with E-state index >= 15 is 0 Å². The van der Waals surface area contributed by atoms with Crippen LogP contribution in [0.15, 0.2) is 23.1 Å². The zero-order chi connectivity index (χ0) is 16.3. The molecule has 0 aromatic heterocycles. The van der Waals surface area contributed by atoms with Gasteiger partial charge in [0, 0.05) is 18.8 Å². The summed E-state index contributed by atoms with van der Waals surface area (Å²) in [7, 11) is 1.93. The first-order chi connectivity index (χ1) is 9.57. The molecule has 0 aliphatic rings. The van der Waals surface area contributed by atoms with Crippen molar-refractivity contribution in [2.24, 2.45) is 5.41 Å². The molecular formula is C14H26N4O2S. The van der Waals surface area contributed by atoms with Crippen molar-refractivity contribution >= 4 is 21.4 Å². The molecule has 4 N–H and O–H groups in total. The van der Waals surface area contributed by atoms with Gasteiger partial charge < -0.3 is 16.0 Å². The first-order valence-corrected chi connectivity index (χ1v) is 8.27. The molecule has 0 radical (unpaired) electrons. The second-order valence-electron chi connectivity index (χ2n) is 6.22. The molecule has 21 heavy (non-hydrogen) atoms. The molecule has 0 spiro atoms. The fourth-order valence-electron chi connectivity index (χ4n) is 2.27. The van der Waals surface area contributed by atoms with Crippen molar-refractivity contribution in [1.82, 2.24) is 9.62 Å². The first kappa shape index (κ1) is 17.7. The smallest absolute Gasteiger partial charge is 0.242 e. The van der Waals surface area contributed by atoms with E-state index < -0.39 is 10.0 Å². The minimum absolute atomic E-state index is 0.0913. The van der Waals surface area contributed by atoms with Crippen LogP contribution in [-0.4, -0.2) is 47.6 Å². The van der Waals surface area contributed by atoms with Crippen molar-refractivity contribution in [2.45, 2.75) is 18.7 Å². The molecule has 1 aromatic rings. The van der Waals surface area contributed by atoms with E-state index in [-0.39, 0.29) is 16.0 Å². The molecule has 0 fully saturated rings. The number of benzene rings is 1. The molecule has 7 heteroatoms. The summed E-state index contributed by atoms with van der Waals surface area (Å²) in [5.74, 6) is 0. The third kappa shape index (κ3) is 5.18. The second-order valence-corrected chi connectivity index (χ2v) is 8.07. The van der Waals surface area contributed by atoms with E-state index in [2.05, 4.69) is 28.8 Å². The highest BCUT2D eigenvalue weighted by molar-refractivity contribution is 7.89. The average Bonchev–Trinajstić information content (AvgIpc) is 2.35. The van der Waals surface area contributed by atoms with Crippen LogP contribution in [0, 0.1) is 5.41 Å². The van der Waals surface area contributed by atoms with Gasteiger partial charge in [-0.05, 0) is 44.8 Å². The molecule has 0 atom stereocenters. The molecule has 0 saturated heterocycles. The second kappa shape index (κ2) is 6.64. The fourth-order valence-corrected chi connectivity index (χ4v) is 3.10. The first-order valence-electron chi connectivity index (χ1n) is 6.79. The number of nitrogens with two attached hydrogens (primary N) is 1. The van der Waals surface area contributed by atoms with Gasteiger partial charge in [0.2, 0.25) is 10.0 Å². The number of sulfonamides is 1. The maximum atomic E-state index is 11.8. The van der Waals surface area contributed by atoms with Crippen LogP contribution >= 0.6 is 0 Å². The third-order valence-corrected chi connectivity index (χ3v) is 4.57. The monoisotopic (exact) mass is 314 g/mol. The number of anilines is 2. The molecule has 0 unspecified atom stereocenters. The Morgan fingerprint density at radius 3 is 2.38 bits per heavy atom. The Hall–Kier alpha value is -1.31. The van der Waals surface area contributed by atoms with Gasteiger partial charge in [-0.15, -0.1) is 0 Å². The van der Waals surface area contributed by atoms with Gasteiger partial charge in [0.05, 0.1) is 5.69 Å². The highest BCUT2D eigenvalue weighted by Gasteiger charge is 2.19. The van der Waals surface area contributed by atoms with E-state index in [1.165, 1.54) is 13.1 Å². The molecule has 0 aliphatic carbocycles. The summed E-state index contributed by atoms with van der Waals surface area (Å²) in [5, 5.41) is 3.31. The molecule has 0 heterocycles. The number of nitrogen functional groups attached to an aromatic ring is 1. The van der Waals surface area contributed by atoms with Crippen molar-refractivity contribution in [3.8, 4) is 0 Å². The van der Waals surface area contributed by atoms with Gasteiger partial charge in [-0.3, -0.25) is 0 Å². The Kier molecular flexibility index (Phi) is 5.61. The van der Waals surface area contributed by atoms with Gasteiger partial charge in [0.15, 0.2) is 0 Å². The molecule has 0 bridgehead atoms. The van der Waals surface area contributed by atoms with Crippen LogP contribution in [-0.2, 0) is 10.0 Å². The molecule has 120 valence electrons. The van der Waals surface area contributed by atoms with Gasteiger partial charge in [-0.2, -0.15) is 0 Å². The molecule has 0 aliphatic heterocycles. The van der Waals surface area contributed by atoms with E-state index in [0.29, 0.717) is 0 Å². The molecule has 0 saturated carbocycles. The normalized spacial score (nSPS) is 12.7. The maximum absolute atomic E-state index is 11.8. The Morgan fingerprint density at radius 1 is 1.29 bits per heavy atom. The summed E-state index contributed by atoms with van der Waals surface area (Å²) in [6.45, 7) is 6.05. The van der Waals surface area contributed by atoms with E-state index in [9.17, 15) is 8.42 Å². The Balaban J connectivity index is 2.82. The number of hydrogen-bond donors (Lipinski definition) is 3. The van der Waals surface area contributed by atoms with Crippen molar-refractivity contribution < 1.29 is 8.42 Å². The van der Waals surface area contributed by atoms with Gasteiger partial charge in [-0.1, -0.05) is 13.8 Å². The van der Waals surface area contributed by atoms with Gasteiger partial charge in [-0.25, -0.2) is 13.1 Å². The summed E-state index contributed by atoms with van der Waals surface area (Å²) >= 11 is 0. The predicted octanol–water partition coefficient (Wildman–Crippen LogP) is 1.18. The summed E-state index contributed by atoms with van der Waals surface area (Å²) < 4.78 is 25.8. The lowest BCUT2D eigenvalue weighted by Gasteiger charge is -2.29. The summed E-state index contributed by atoms with van der Waals surface area (Å²) in [5.41, 5.74) is 6.98. The van der Waals surface area contributed by atoms with Crippen molar-refractivity contribution in [2.75, 3.05) is 45.3 Å². The summed E-state index contributed by atoms with van der Waals surface area (Å²) in [6, 6.07) is 4.89. The Morgan fingerprint density at radius 2 is 1.90 bits per heavy atom. The van der Waals surface area contributed by atoms with E-state index in [1.54, 1.807) is 12.1 Å². The summed E-state index contributed by atoms with van der Waals surface area (Å²) in [4.78, 5) is 2.24. The zero-order valence-electron chi connectivity index (χ0n) is 13.4. The largest absolute Gasteiger partial charge is 0.398 e. The van der Waals surface area contributed by atoms with Crippen molar-refractivity contribution in [3.05, 3.63) is 18.2 Å². The zero-order valence-corrected chi connectivity index (χ0v) is 14.2. The molecule has 1 aromatic carbocycles. The van der Waals surface area contributed by atoms with E-state index in [0.717, 1.165) is 18.8 Å². The Labute approximate surface area is 127 Å². The quantitative estimate of drug-likeness (QED) is 0.658. The van der Waals surface area contributed by atoms with Crippen molar-refractivity contribution in [3.63, 3.8) is 0 Å². The van der Waals surface area contributed by atoms with Crippen LogP contribution < -0.4 is 15.8 Å². The fraction of sp³-hybridized carbons (Fsp3) is 0.571. The number of hydrogen-bond acceptors (Lipinski definition) is 5. The van der Waals surface area contributed by atoms with Crippen LogP contribution in [0.3, 0.4) is 0 Å². The van der Waals surface area contributed by atoms with E-state index in [1.807, 2.05) is 14.1 Å².